The first-order valence-corrected chi connectivity index (χ1v) is 14.6. The molecule has 0 unspecified atom stereocenters. The third-order valence-corrected chi connectivity index (χ3v) is 9.45. The fraction of sp³-hybridized carbons (Fsp3) is 0.320. The number of nitrogens with zero attached hydrogens (tertiary/aromatic N) is 6. The lowest BCUT2D eigenvalue weighted by atomic mass is 10.3. The highest BCUT2D eigenvalue weighted by molar-refractivity contribution is 7.89. The Bertz CT molecular complexity index is 1650. The summed E-state index contributed by atoms with van der Waals surface area (Å²) in [5, 5.41) is 2.74. The minimum absolute atomic E-state index is 0.00249. The van der Waals surface area contributed by atoms with E-state index in [0.29, 0.717) is 46.8 Å². The van der Waals surface area contributed by atoms with Crippen LogP contribution in [-0.4, -0.2) is 70.9 Å². The van der Waals surface area contributed by atoms with Gasteiger partial charge in [0.05, 0.1) is 18.3 Å². The molecule has 1 aliphatic heterocycles. The summed E-state index contributed by atoms with van der Waals surface area (Å²) < 4.78 is 35.4. The maximum absolute atomic E-state index is 13.7. The van der Waals surface area contributed by atoms with Crippen molar-refractivity contribution in [3.05, 3.63) is 64.3 Å². The van der Waals surface area contributed by atoms with E-state index in [9.17, 15) is 18.0 Å². The summed E-state index contributed by atoms with van der Waals surface area (Å²) >= 11 is 1.14. The van der Waals surface area contributed by atoms with Gasteiger partial charge in [0.1, 0.15) is 22.0 Å². The van der Waals surface area contributed by atoms with E-state index < -0.39 is 21.5 Å². The molecule has 14 heteroatoms. The van der Waals surface area contributed by atoms with E-state index in [1.807, 2.05) is 11.8 Å². The van der Waals surface area contributed by atoms with Gasteiger partial charge in [-0.25, -0.2) is 23.4 Å². The SMILES string of the molecule is CCOc1ccc(NC(=O)Cn2cnc3sc(C)c(S(=O)(=O)N4CCN(c5ncccn5)CC4)c3c2=O)cc1. The molecule has 1 N–H and O–H groups in total. The summed E-state index contributed by atoms with van der Waals surface area (Å²) in [7, 11) is -4.00. The highest BCUT2D eigenvalue weighted by Crippen LogP contribution is 2.33. The molecular weight excluding hydrogens is 542 g/mol. The molecule has 1 aliphatic rings. The monoisotopic (exact) mass is 569 g/mol. The molecule has 5 rings (SSSR count). The predicted molar refractivity (Wildman–Crippen MR) is 148 cm³/mol. The molecule has 0 bridgehead atoms. The van der Waals surface area contributed by atoms with Crippen molar-refractivity contribution in [2.75, 3.05) is 43.0 Å². The van der Waals surface area contributed by atoms with E-state index >= 15 is 0 Å². The minimum atomic E-state index is -4.00. The van der Waals surface area contributed by atoms with Crippen LogP contribution in [0.4, 0.5) is 11.6 Å². The summed E-state index contributed by atoms with van der Waals surface area (Å²) in [4.78, 5) is 41.6. The van der Waals surface area contributed by atoms with Crippen LogP contribution >= 0.6 is 11.3 Å². The van der Waals surface area contributed by atoms with Gasteiger partial charge in [0.15, 0.2) is 0 Å². The molecular formula is C25H27N7O5S2. The van der Waals surface area contributed by atoms with Gasteiger partial charge in [0, 0.05) is 49.1 Å². The van der Waals surface area contributed by atoms with Crippen molar-refractivity contribution in [3.63, 3.8) is 0 Å². The number of hydrogen-bond donors (Lipinski definition) is 1. The predicted octanol–water partition coefficient (Wildman–Crippen LogP) is 2.10. The van der Waals surface area contributed by atoms with Gasteiger partial charge < -0.3 is 15.0 Å². The zero-order valence-electron chi connectivity index (χ0n) is 21.4. The molecule has 1 fully saturated rings. The van der Waals surface area contributed by atoms with Crippen LogP contribution in [0.5, 0.6) is 5.75 Å². The van der Waals surface area contributed by atoms with Crippen molar-refractivity contribution >= 4 is 49.1 Å². The minimum Gasteiger partial charge on any atom is -0.494 e. The molecule has 12 nitrogen and oxygen atoms in total. The van der Waals surface area contributed by atoms with Crippen molar-refractivity contribution < 1.29 is 17.9 Å². The Morgan fingerprint density at radius 2 is 1.77 bits per heavy atom. The zero-order valence-corrected chi connectivity index (χ0v) is 23.0. The maximum Gasteiger partial charge on any atom is 0.263 e. The zero-order chi connectivity index (χ0) is 27.6. The number of aryl methyl sites for hydroxylation is 1. The van der Waals surface area contributed by atoms with Gasteiger partial charge >= 0.3 is 0 Å². The number of ether oxygens (including phenoxy) is 1. The van der Waals surface area contributed by atoms with Crippen LogP contribution in [0.15, 0.2) is 58.7 Å². The number of fused-ring (bicyclic) bond motifs is 1. The number of benzene rings is 1. The molecule has 204 valence electrons. The molecule has 3 aromatic heterocycles. The number of rotatable bonds is 8. The van der Waals surface area contributed by atoms with Crippen molar-refractivity contribution in [3.8, 4) is 5.75 Å². The quantitative estimate of drug-likeness (QED) is 0.338. The van der Waals surface area contributed by atoms with Gasteiger partial charge in [-0.1, -0.05) is 0 Å². The number of aromatic nitrogens is 4. The number of thiophene rings is 1. The number of hydrogen-bond acceptors (Lipinski definition) is 10. The van der Waals surface area contributed by atoms with E-state index in [-0.39, 0.29) is 29.9 Å². The first-order valence-electron chi connectivity index (χ1n) is 12.3. The highest BCUT2D eigenvalue weighted by Gasteiger charge is 2.34. The van der Waals surface area contributed by atoms with E-state index in [4.69, 9.17) is 4.74 Å². The number of amides is 1. The molecule has 4 heterocycles. The van der Waals surface area contributed by atoms with E-state index in [1.54, 1.807) is 49.6 Å². The third kappa shape index (κ3) is 5.48. The third-order valence-electron chi connectivity index (χ3n) is 6.23. The molecule has 0 saturated carbocycles. The number of anilines is 2. The van der Waals surface area contributed by atoms with E-state index in [0.717, 1.165) is 15.9 Å². The standard InChI is InChI=1S/C25H27N7O5S2/c1-3-37-19-7-5-18(6-8-19)29-20(33)15-31-16-28-23-21(24(31)34)22(17(2)38-23)39(35,36)32-13-11-30(12-14-32)25-26-9-4-10-27-25/h4-10,16H,3,11-15H2,1-2H3,(H,29,33). The molecule has 0 aliphatic carbocycles. The van der Waals surface area contributed by atoms with Gasteiger partial charge in [-0.2, -0.15) is 4.31 Å². The van der Waals surface area contributed by atoms with Crippen LogP contribution in [0.3, 0.4) is 0 Å². The van der Waals surface area contributed by atoms with Crippen molar-refractivity contribution in [1.29, 1.82) is 0 Å². The largest absolute Gasteiger partial charge is 0.494 e. The Morgan fingerprint density at radius 3 is 2.44 bits per heavy atom. The average molecular weight is 570 g/mol. The summed E-state index contributed by atoms with van der Waals surface area (Å²) in [5.41, 5.74) is -0.0404. The number of nitrogens with one attached hydrogen (secondary N) is 1. The number of sulfonamides is 1. The summed E-state index contributed by atoms with van der Waals surface area (Å²) in [6.45, 7) is 5.02. The lowest BCUT2D eigenvalue weighted by Gasteiger charge is -2.33. The van der Waals surface area contributed by atoms with Crippen molar-refractivity contribution in [1.82, 2.24) is 23.8 Å². The smallest absolute Gasteiger partial charge is 0.263 e. The Balaban J connectivity index is 1.36. The fourth-order valence-corrected chi connectivity index (χ4v) is 7.49. The topological polar surface area (TPSA) is 140 Å². The summed E-state index contributed by atoms with van der Waals surface area (Å²) in [5.74, 6) is 0.776. The van der Waals surface area contributed by atoms with Gasteiger partial charge in [0.2, 0.25) is 21.9 Å². The van der Waals surface area contributed by atoms with Crippen LogP contribution in [0.1, 0.15) is 11.8 Å². The molecule has 0 radical (unpaired) electrons. The average Bonchev–Trinajstić information content (AvgIpc) is 3.29. The lowest BCUT2D eigenvalue weighted by Crippen LogP contribution is -2.49. The molecule has 1 amide bonds. The van der Waals surface area contributed by atoms with Crippen LogP contribution in [0.25, 0.3) is 10.2 Å². The first-order chi connectivity index (χ1) is 18.8. The van der Waals surface area contributed by atoms with Crippen molar-refractivity contribution in [2.24, 2.45) is 0 Å². The number of carbonyl (C=O) groups excluding carboxylic acids is 1. The molecule has 1 saturated heterocycles. The first kappa shape index (κ1) is 26.7. The van der Waals surface area contributed by atoms with Crippen LogP contribution in [0.2, 0.25) is 0 Å². The summed E-state index contributed by atoms with van der Waals surface area (Å²) in [6, 6.07) is 8.58. The second kappa shape index (κ2) is 11.1. The lowest BCUT2D eigenvalue weighted by molar-refractivity contribution is -0.116. The molecule has 39 heavy (non-hydrogen) atoms. The Kier molecular flexibility index (Phi) is 7.59. The highest BCUT2D eigenvalue weighted by atomic mass is 32.2. The second-order valence-corrected chi connectivity index (χ2v) is 11.9. The van der Waals surface area contributed by atoms with Gasteiger partial charge in [0.25, 0.3) is 5.56 Å². The number of carbonyl (C=O) groups is 1. The van der Waals surface area contributed by atoms with Crippen LogP contribution < -0.4 is 20.5 Å². The fourth-order valence-electron chi connectivity index (χ4n) is 4.40. The van der Waals surface area contributed by atoms with Gasteiger partial charge in [-0.05, 0) is 44.2 Å². The normalized spacial score (nSPS) is 14.5. The summed E-state index contributed by atoms with van der Waals surface area (Å²) in [6.07, 6.45) is 4.55. The van der Waals surface area contributed by atoms with Gasteiger partial charge in [-0.3, -0.25) is 14.2 Å². The van der Waals surface area contributed by atoms with Crippen LogP contribution in [0, 0.1) is 6.92 Å². The number of piperazine rings is 1. The van der Waals surface area contributed by atoms with Crippen LogP contribution in [-0.2, 0) is 21.4 Å². The molecule has 0 atom stereocenters. The Hall–Kier alpha value is -3.88. The maximum atomic E-state index is 13.7. The van der Waals surface area contributed by atoms with Crippen molar-refractivity contribution in [2.45, 2.75) is 25.3 Å². The van der Waals surface area contributed by atoms with E-state index in [2.05, 4.69) is 20.3 Å². The molecule has 4 aromatic rings. The van der Waals surface area contributed by atoms with Gasteiger partial charge in [-0.15, -0.1) is 11.3 Å². The van der Waals surface area contributed by atoms with E-state index in [1.165, 1.54) is 10.6 Å². The Morgan fingerprint density at radius 1 is 1.08 bits per heavy atom. The second-order valence-electron chi connectivity index (χ2n) is 8.79. The molecule has 1 aromatic carbocycles. The molecule has 0 spiro atoms. The Labute approximate surface area is 229 Å².